The van der Waals surface area contributed by atoms with Crippen LogP contribution in [-0.2, 0) is 0 Å². The molecule has 4 aromatic rings. The number of hydrogen-bond donors (Lipinski definition) is 0. The van der Waals surface area contributed by atoms with Crippen LogP contribution >= 0.6 is 0 Å². The van der Waals surface area contributed by atoms with Crippen molar-refractivity contribution in [2.75, 3.05) is 0 Å². The molecule has 2 aromatic heterocycles. The summed E-state index contributed by atoms with van der Waals surface area (Å²) in [7, 11) is 5.99. The Balaban J connectivity index is 2.34. The summed E-state index contributed by atoms with van der Waals surface area (Å²) in [6.45, 7) is 0. The zero-order chi connectivity index (χ0) is 12.1. The first-order valence-corrected chi connectivity index (χ1v) is 5.78. The van der Waals surface area contributed by atoms with Gasteiger partial charge in [0.25, 0.3) is 0 Å². The quantitative estimate of drug-likeness (QED) is 0.433. The fourth-order valence-electron chi connectivity index (χ4n) is 2.48. The molecule has 0 amide bonds. The summed E-state index contributed by atoms with van der Waals surface area (Å²) in [5, 5.41) is 4.26. The number of benzene rings is 2. The largest absolute Gasteiger partial charge is 0.454 e. The summed E-state index contributed by atoms with van der Waals surface area (Å²) in [5.41, 5.74) is 2.27. The molecule has 0 fully saturated rings. The average Bonchev–Trinajstić information content (AvgIpc) is 2.79. The molecule has 2 heterocycles. The second-order valence-corrected chi connectivity index (χ2v) is 4.37. The van der Waals surface area contributed by atoms with Crippen LogP contribution in [0.1, 0.15) is 0 Å². The second-order valence-electron chi connectivity index (χ2n) is 4.37. The Morgan fingerprint density at radius 3 is 2.78 bits per heavy atom. The molecule has 3 heteroatoms. The molecule has 0 aliphatic heterocycles. The molecule has 2 nitrogen and oxygen atoms in total. The standard InChI is InChI=1S/C15H8BNO/c16-12-7-17-8-13-14(12)11-6-5-9-3-1-2-4-10(9)15(11)18-13/h1-8H. The third-order valence-electron chi connectivity index (χ3n) is 3.30. The fourth-order valence-corrected chi connectivity index (χ4v) is 2.48. The fraction of sp³-hybridized carbons (Fsp3) is 0. The van der Waals surface area contributed by atoms with Crippen molar-refractivity contribution in [3.8, 4) is 0 Å². The summed E-state index contributed by atoms with van der Waals surface area (Å²) in [6, 6.07) is 12.3. The van der Waals surface area contributed by atoms with Crippen molar-refractivity contribution >= 4 is 46.0 Å². The highest BCUT2D eigenvalue weighted by Crippen LogP contribution is 2.32. The first kappa shape index (κ1) is 9.72. The maximum absolute atomic E-state index is 5.99. The van der Waals surface area contributed by atoms with Gasteiger partial charge in [-0.25, -0.2) is 0 Å². The van der Waals surface area contributed by atoms with Gasteiger partial charge in [-0.15, -0.1) is 0 Å². The van der Waals surface area contributed by atoms with E-state index in [1.165, 1.54) is 0 Å². The van der Waals surface area contributed by atoms with Crippen LogP contribution in [-0.4, -0.2) is 12.8 Å². The molecule has 4 rings (SSSR count). The molecule has 0 bridgehead atoms. The molecule has 2 radical (unpaired) electrons. The van der Waals surface area contributed by atoms with Crippen LogP contribution in [0.4, 0.5) is 0 Å². The van der Waals surface area contributed by atoms with E-state index in [0.717, 1.165) is 32.7 Å². The number of nitrogens with zero attached hydrogens (tertiary/aromatic N) is 1. The topological polar surface area (TPSA) is 26.0 Å². The zero-order valence-electron chi connectivity index (χ0n) is 9.55. The molecule has 0 unspecified atom stereocenters. The first-order valence-electron chi connectivity index (χ1n) is 5.78. The first-order chi connectivity index (χ1) is 8.84. The van der Waals surface area contributed by atoms with Gasteiger partial charge in [0.2, 0.25) is 0 Å². The molecule has 82 valence electrons. The Bertz CT molecular complexity index is 895. The van der Waals surface area contributed by atoms with Crippen molar-refractivity contribution in [1.29, 1.82) is 0 Å². The van der Waals surface area contributed by atoms with Gasteiger partial charge in [-0.3, -0.25) is 4.98 Å². The Morgan fingerprint density at radius 2 is 1.83 bits per heavy atom. The molecular weight excluding hydrogens is 221 g/mol. The van der Waals surface area contributed by atoms with Gasteiger partial charge in [0.15, 0.2) is 5.58 Å². The number of furan rings is 1. The van der Waals surface area contributed by atoms with Gasteiger partial charge < -0.3 is 4.42 Å². The van der Waals surface area contributed by atoms with Gasteiger partial charge in [-0.1, -0.05) is 35.8 Å². The SMILES string of the molecule is [B]c1cncc2oc3c4ccccc4ccc3c12. The van der Waals surface area contributed by atoms with Crippen LogP contribution in [0.3, 0.4) is 0 Å². The molecular formula is C15H8BNO. The normalized spacial score (nSPS) is 11.6. The molecule has 2 aromatic carbocycles. The van der Waals surface area contributed by atoms with Gasteiger partial charge in [-0.05, 0) is 11.5 Å². The highest BCUT2D eigenvalue weighted by Gasteiger charge is 2.11. The molecule has 18 heavy (non-hydrogen) atoms. The smallest absolute Gasteiger partial charge is 0.153 e. The minimum absolute atomic E-state index is 0.654. The van der Waals surface area contributed by atoms with E-state index in [1.54, 1.807) is 12.4 Å². The van der Waals surface area contributed by atoms with Crippen LogP contribution < -0.4 is 5.46 Å². The molecule has 0 aliphatic carbocycles. The second kappa shape index (κ2) is 3.36. The van der Waals surface area contributed by atoms with E-state index >= 15 is 0 Å². The number of aromatic nitrogens is 1. The minimum atomic E-state index is 0.654. The van der Waals surface area contributed by atoms with Crippen molar-refractivity contribution in [2.24, 2.45) is 0 Å². The monoisotopic (exact) mass is 229 g/mol. The Hall–Kier alpha value is -2.29. The summed E-state index contributed by atoms with van der Waals surface area (Å²) < 4.78 is 5.90. The number of rotatable bonds is 0. The summed E-state index contributed by atoms with van der Waals surface area (Å²) in [5.74, 6) is 0. The predicted octanol–water partition coefficient (Wildman–Crippen LogP) is 2.93. The molecule has 0 N–H and O–H groups in total. The molecule has 0 saturated heterocycles. The van der Waals surface area contributed by atoms with Crippen LogP contribution in [0.15, 0.2) is 53.2 Å². The van der Waals surface area contributed by atoms with E-state index in [1.807, 2.05) is 12.1 Å². The molecule has 0 spiro atoms. The van der Waals surface area contributed by atoms with E-state index in [9.17, 15) is 0 Å². The van der Waals surface area contributed by atoms with Crippen LogP contribution in [0.25, 0.3) is 32.7 Å². The summed E-state index contributed by atoms with van der Waals surface area (Å²) >= 11 is 0. The van der Waals surface area contributed by atoms with Crippen molar-refractivity contribution in [1.82, 2.24) is 4.98 Å². The van der Waals surface area contributed by atoms with Gasteiger partial charge in [-0.2, -0.15) is 0 Å². The third kappa shape index (κ3) is 1.16. The van der Waals surface area contributed by atoms with Crippen molar-refractivity contribution in [3.05, 3.63) is 48.8 Å². The van der Waals surface area contributed by atoms with Gasteiger partial charge in [0.05, 0.1) is 6.20 Å². The predicted molar refractivity (Wildman–Crippen MR) is 74.4 cm³/mol. The summed E-state index contributed by atoms with van der Waals surface area (Å²) in [4.78, 5) is 4.07. The lowest BCUT2D eigenvalue weighted by Crippen LogP contribution is -2.02. The number of hydrogen-bond acceptors (Lipinski definition) is 2. The van der Waals surface area contributed by atoms with Gasteiger partial charge in [0.1, 0.15) is 13.4 Å². The molecule has 0 aliphatic rings. The number of pyridine rings is 1. The van der Waals surface area contributed by atoms with E-state index in [2.05, 4.69) is 29.2 Å². The number of fused-ring (bicyclic) bond motifs is 5. The molecule has 0 atom stereocenters. The van der Waals surface area contributed by atoms with E-state index in [4.69, 9.17) is 12.3 Å². The van der Waals surface area contributed by atoms with Crippen LogP contribution in [0, 0.1) is 0 Å². The van der Waals surface area contributed by atoms with E-state index in [0.29, 0.717) is 5.46 Å². The summed E-state index contributed by atoms with van der Waals surface area (Å²) in [6.07, 6.45) is 3.37. The Morgan fingerprint density at radius 1 is 0.944 bits per heavy atom. The minimum Gasteiger partial charge on any atom is -0.454 e. The Kier molecular flexibility index (Phi) is 1.81. The highest BCUT2D eigenvalue weighted by atomic mass is 16.3. The van der Waals surface area contributed by atoms with Crippen molar-refractivity contribution < 1.29 is 4.42 Å². The lowest BCUT2D eigenvalue weighted by molar-refractivity contribution is 0.671. The maximum atomic E-state index is 5.99. The van der Waals surface area contributed by atoms with E-state index < -0.39 is 0 Å². The van der Waals surface area contributed by atoms with Gasteiger partial charge >= 0.3 is 0 Å². The van der Waals surface area contributed by atoms with Crippen molar-refractivity contribution in [2.45, 2.75) is 0 Å². The Labute approximate surface area is 105 Å². The molecule has 0 saturated carbocycles. The lowest BCUT2D eigenvalue weighted by Gasteiger charge is -1.98. The maximum Gasteiger partial charge on any atom is 0.153 e. The van der Waals surface area contributed by atoms with Gasteiger partial charge in [0, 0.05) is 22.4 Å². The van der Waals surface area contributed by atoms with Crippen molar-refractivity contribution in [3.63, 3.8) is 0 Å². The van der Waals surface area contributed by atoms with E-state index in [-0.39, 0.29) is 0 Å². The van der Waals surface area contributed by atoms with Crippen LogP contribution in [0.2, 0.25) is 0 Å². The van der Waals surface area contributed by atoms with Crippen LogP contribution in [0.5, 0.6) is 0 Å². The highest BCUT2D eigenvalue weighted by molar-refractivity contribution is 6.41. The zero-order valence-corrected chi connectivity index (χ0v) is 9.55. The lowest BCUT2D eigenvalue weighted by atomic mass is 9.93. The third-order valence-corrected chi connectivity index (χ3v) is 3.30. The average molecular weight is 229 g/mol.